The quantitative estimate of drug-likeness (QED) is 0.708. The highest BCUT2D eigenvalue weighted by Crippen LogP contribution is 2.26. The highest BCUT2D eigenvalue weighted by atomic mass is 16.5. The van der Waals surface area contributed by atoms with Crippen LogP contribution >= 0.6 is 0 Å². The molecule has 4 rings (SSSR count). The van der Waals surface area contributed by atoms with Crippen LogP contribution in [0, 0.1) is 0 Å². The molecule has 1 amide bonds. The molecule has 0 spiro atoms. The molecule has 0 saturated heterocycles. The third-order valence-electron chi connectivity index (χ3n) is 4.39. The van der Waals surface area contributed by atoms with Crippen molar-refractivity contribution in [2.24, 2.45) is 0 Å². The number of hydrogen-bond donors (Lipinski definition) is 0. The van der Waals surface area contributed by atoms with Crippen molar-refractivity contribution in [2.75, 3.05) is 7.05 Å². The zero-order valence-electron chi connectivity index (χ0n) is 14.5. The number of rotatable bonds is 5. The van der Waals surface area contributed by atoms with Crippen molar-refractivity contribution in [1.82, 2.24) is 24.6 Å². The van der Waals surface area contributed by atoms with Gasteiger partial charge < -0.3 is 14.2 Å². The van der Waals surface area contributed by atoms with E-state index in [1.165, 1.54) is 0 Å². The molecule has 132 valence electrons. The third kappa shape index (κ3) is 3.15. The topological polar surface area (TPSA) is 73.1 Å². The van der Waals surface area contributed by atoms with Gasteiger partial charge in [0.05, 0.1) is 18.3 Å². The summed E-state index contributed by atoms with van der Waals surface area (Å²) in [5.41, 5.74) is 0.500. The molecule has 26 heavy (non-hydrogen) atoms. The number of ether oxygens (including phenoxy) is 1. The van der Waals surface area contributed by atoms with Gasteiger partial charge in [0.25, 0.3) is 5.91 Å². The largest absolute Gasteiger partial charge is 0.455 e. The Balaban J connectivity index is 1.54. The van der Waals surface area contributed by atoms with Crippen LogP contribution in [0.5, 0.6) is 11.5 Å². The smallest absolute Gasteiger partial charge is 0.257 e. The average molecular weight is 349 g/mol. The molecule has 0 aliphatic carbocycles. The summed E-state index contributed by atoms with van der Waals surface area (Å²) in [4.78, 5) is 18.6. The van der Waals surface area contributed by atoms with E-state index in [1.54, 1.807) is 48.6 Å². The van der Waals surface area contributed by atoms with Crippen molar-refractivity contribution in [3.05, 3.63) is 66.0 Å². The minimum Gasteiger partial charge on any atom is -0.455 e. The van der Waals surface area contributed by atoms with Gasteiger partial charge in [0.15, 0.2) is 5.82 Å². The molecule has 3 heterocycles. The summed E-state index contributed by atoms with van der Waals surface area (Å²) in [6.45, 7) is 1.33. The Morgan fingerprint density at radius 2 is 2.12 bits per heavy atom. The molecule has 2 aromatic heterocycles. The Hall–Kier alpha value is -3.22. The van der Waals surface area contributed by atoms with Gasteiger partial charge in [0.2, 0.25) is 0 Å². The summed E-state index contributed by atoms with van der Waals surface area (Å²) in [5.74, 6) is 2.79. The Labute approximate surface area is 151 Å². The maximum atomic E-state index is 13.0. The van der Waals surface area contributed by atoms with E-state index in [4.69, 9.17) is 4.74 Å². The molecule has 0 bridgehead atoms. The number of benzene rings is 1. The maximum absolute atomic E-state index is 13.0. The van der Waals surface area contributed by atoms with E-state index in [0.29, 0.717) is 23.6 Å². The van der Waals surface area contributed by atoms with E-state index in [2.05, 4.69) is 19.7 Å². The van der Waals surface area contributed by atoms with Crippen LogP contribution in [0.2, 0.25) is 0 Å². The molecule has 0 N–H and O–H groups in total. The van der Waals surface area contributed by atoms with E-state index in [-0.39, 0.29) is 5.91 Å². The normalized spacial score (nSPS) is 12.7. The van der Waals surface area contributed by atoms with Gasteiger partial charge in [0, 0.05) is 26.2 Å². The molecule has 0 radical (unpaired) electrons. The lowest BCUT2D eigenvalue weighted by molar-refractivity contribution is 0.0777. The van der Waals surface area contributed by atoms with Crippen LogP contribution in [-0.4, -0.2) is 37.6 Å². The van der Waals surface area contributed by atoms with Crippen LogP contribution in [0.15, 0.2) is 48.8 Å². The summed E-state index contributed by atoms with van der Waals surface area (Å²) in [5, 5.41) is 8.42. The van der Waals surface area contributed by atoms with Crippen molar-refractivity contribution in [3.63, 3.8) is 0 Å². The van der Waals surface area contributed by atoms with Crippen LogP contribution < -0.4 is 4.74 Å². The number of aryl methyl sites for hydroxylation is 1. The van der Waals surface area contributed by atoms with E-state index in [1.807, 2.05) is 12.1 Å². The second-order valence-corrected chi connectivity index (χ2v) is 6.24. The van der Waals surface area contributed by atoms with Gasteiger partial charge in [-0.3, -0.25) is 9.78 Å². The predicted octanol–water partition coefficient (Wildman–Crippen LogP) is 2.68. The molecule has 3 aromatic rings. The first-order valence-corrected chi connectivity index (χ1v) is 8.55. The lowest BCUT2D eigenvalue weighted by Gasteiger charge is -2.18. The number of pyridine rings is 1. The number of nitrogens with zero attached hydrogens (tertiary/aromatic N) is 5. The lowest BCUT2D eigenvalue weighted by atomic mass is 10.1. The molecular formula is C19H19N5O2. The van der Waals surface area contributed by atoms with Crippen LogP contribution in [-0.2, 0) is 19.5 Å². The van der Waals surface area contributed by atoms with Crippen molar-refractivity contribution in [3.8, 4) is 11.5 Å². The summed E-state index contributed by atoms with van der Waals surface area (Å²) in [6.07, 6.45) is 5.32. The summed E-state index contributed by atoms with van der Waals surface area (Å²) < 4.78 is 7.95. The highest BCUT2D eigenvalue weighted by molar-refractivity contribution is 5.96. The van der Waals surface area contributed by atoms with Crippen molar-refractivity contribution >= 4 is 5.91 Å². The predicted molar refractivity (Wildman–Crippen MR) is 94.9 cm³/mol. The summed E-state index contributed by atoms with van der Waals surface area (Å²) in [7, 11) is 1.76. The first-order valence-electron chi connectivity index (χ1n) is 8.55. The molecule has 1 aliphatic rings. The molecule has 0 atom stereocenters. The number of aromatic nitrogens is 4. The Morgan fingerprint density at radius 3 is 2.96 bits per heavy atom. The zero-order valence-corrected chi connectivity index (χ0v) is 14.5. The van der Waals surface area contributed by atoms with Crippen molar-refractivity contribution < 1.29 is 9.53 Å². The monoisotopic (exact) mass is 349 g/mol. The standard InChI is InChI=1S/C19H19N5O2/c1-23(13-18-22-21-17-9-5-11-24(17)18)19(25)15-7-2-3-8-16(15)26-14-6-4-10-20-12-14/h2-4,6-8,10,12H,5,9,11,13H2,1H3. The van der Waals surface area contributed by atoms with Crippen LogP contribution in [0.25, 0.3) is 0 Å². The van der Waals surface area contributed by atoms with Gasteiger partial charge in [-0.15, -0.1) is 10.2 Å². The first kappa shape index (κ1) is 16.3. The molecule has 1 aliphatic heterocycles. The molecule has 0 fully saturated rings. The fraction of sp³-hybridized carbons (Fsp3) is 0.263. The van der Waals surface area contributed by atoms with Crippen LogP contribution in [0.3, 0.4) is 0 Å². The fourth-order valence-corrected chi connectivity index (χ4v) is 3.08. The van der Waals surface area contributed by atoms with E-state index < -0.39 is 0 Å². The molecule has 1 aromatic carbocycles. The zero-order chi connectivity index (χ0) is 17.9. The van der Waals surface area contributed by atoms with Crippen LogP contribution in [0.4, 0.5) is 0 Å². The Bertz CT molecular complexity index is 923. The minimum atomic E-state index is -0.125. The van der Waals surface area contributed by atoms with E-state index in [0.717, 1.165) is 31.0 Å². The Morgan fingerprint density at radius 1 is 1.23 bits per heavy atom. The second-order valence-electron chi connectivity index (χ2n) is 6.24. The van der Waals surface area contributed by atoms with Gasteiger partial charge in [-0.2, -0.15) is 0 Å². The summed E-state index contributed by atoms with van der Waals surface area (Å²) >= 11 is 0. The molecule has 7 heteroatoms. The maximum Gasteiger partial charge on any atom is 0.257 e. The SMILES string of the molecule is CN(Cc1nnc2n1CCC2)C(=O)c1ccccc1Oc1cccnc1. The van der Waals surface area contributed by atoms with Gasteiger partial charge >= 0.3 is 0 Å². The average Bonchev–Trinajstić information content (AvgIpc) is 3.27. The second kappa shape index (κ2) is 6.95. The van der Waals surface area contributed by atoms with Crippen molar-refractivity contribution in [2.45, 2.75) is 25.9 Å². The van der Waals surface area contributed by atoms with Gasteiger partial charge in [-0.1, -0.05) is 12.1 Å². The summed E-state index contributed by atoms with van der Waals surface area (Å²) in [6, 6.07) is 10.8. The highest BCUT2D eigenvalue weighted by Gasteiger charge is 2.22. The van der Waals surface area contributed by atoms with Crippen molar-refractivity contribution in [1.29, 1.82) is 0 Å². The number of fused-ring (bicyclic) bond motifs is 1. The fourth-order valence-electron chi connectivity index (χ4n) is 3.08. The molecule has 0 unspecified atom stereocenters. The van der Waals surface area contributed by atoms with Gasteiger partial charge in [0.1, 0.15) is 17.3 Å². The third-order valence-corrected chi connectivity index (χ3v) is 4.39. The number of hydrogen-bond acceptors (Lipinski definition) is 5. The first-order chi connectivity index (χ1) is 12.7. The molecule has 0 saturated carbocycles. The Kier molecular flexibility index (Phi) is 4.35. The van der Waals surface area contributed by atoms with E-state index in [9.17, 15) is 4.79 Å². The van der Waals surface area contributed by atoms with E-state index >= 15 is 0 Å². The lowest BCUT2D eigenvalue weighted by Crippen LogP contribution is -2.28. The number of amides is 1. The molecular weight excluding hydrogens is 330 g/mol. The molecule has 7 nitrogen and oxygen atoms in total. The minimum absolute atomic E-state index is 0.125. The number of para-hydroxylation sites is 1. The van der Waals surface area contributed by atoms with Gasteiger partial charge in [-0.05, 0) is 30.7 Å². The number of carbonyl (C=O) groups excluding carboxylic acids is 1. The van der Waals surface area contributed by atoms with Gasteiger partial charge in [-0.25, -0.2) is 0 Å². The number of carbonyl (C=O) groups is 1. The van der Waals surface area contributed by atoms with Crippen LogP contribution in [0.1, 0.15) is 28.4 Å².